The molecular formula is C17H18N2O. The molecule has 1 aliphatic rings. The quantitative estimate of drug-likeness (QED) is 0.801. The summed E-state index contributed by atoms with van der Waals surface area (Å²) in [6.07, 6.45) is 0. The third-order valence-corrected chi connectivity index (χ3v) is 3.65. The molecule has 20 heavy (non-hydrogen) atoms. The molecule has 1 aliphatic heterocycles. The molecule has 0 unspecified atom stereocenters. The maximum Gasteiger partial charge on any atom is 0.257 e. The van der Waals surface area contributed by atoms with Crippen LogP contribution >= 0.6 is 0 Å². The molecular weight excluding hydrogens is 248 g/mol. The lowest BCUT2D eigenvalue weighted by Crippen LogP contribution is -2.10. The molecule has 3 rings (SSSR count). The molecule has 3 nitrogen and oxygen atoms in total. The topological polar surface area (TPSA) is 41.1 Å². The van der Waals surface area contributed by atoms with Gasteiger partial charge in [-0.05, 0) is 42.7 Å². The van der Waals surface area contributed by atoms with Crippen LogP contribution in [0.1, 0.15) is 41.3 Å². The van der Waals surface area contributed by atoms with Crippen LogP contribution in [0.2, 0.25) is 0 Å². The van der Waals surface area contributed by atoms with Gasteiger partial charge in [-0.25, -0.2) is 0 Å². The summed E-state index contributed by atoms with van der Waals surface area (Å²) in [7, 11) is 0. The van der Waals surface area contributed by atoms with Gasteiger partial charge in [-0.2, -0.15) is 0 Å². The zero-order valence-corrected chi connectivity index (χ0v) is 11.9. The van der Waals surface area contributed by atoms with Gasteiger partial charge in [-0.1, -0.05) is 31.5 Å². The van der Waals surface area contributed by atoms with E-state index in [1.165, 1.54) is 5.56 Å². The Bertz CT molecular complexity index is 689. The first-order valence-corrected chi connectivity index (χ1v) is 6.87. The molecule has 0 spiro atoms. The lowest BCUT2D eigenvalue weighted by atomic mass is 10.0. The fourth-order valence-electron chi connectivity index (χ4n) is 2.42. The summed E-state index contributed by atoms with van der Waals surface area (Å²) in [5, 5.41) is 6.34. The average molecular weight is 266 g/mol. The number of amides is 1. The monoisotopic (exact) mass is 266 g/mol. The van der Waals surface area contributed by atoms with Crippen molar-refractivity contribution in [3.05, 3.63) is 53.1 Å². The Kier molecular flexibility index (Phi) is 2.97. The van der Waals surface area contributed by atoms with Gasteiger partial charge in [0.1, 0.15) is 0 Å². The highest BCUT2D eigenvalue weighted by Crippen LogP contribution is 2.34. The molecule has 2 aromatic carbocycles. The standard InChI is InChI=1S/C17H18N2O/c1-10(2)12-5-7-15-16(9-12)18-14-6-4-11(3)8-13(14)17(20)19-15/h4-10,18H,1-3H3,(H,19,20). The van der Waals surface area contributed by atoms with Gasteiger partial charge in [0.05, 0.1) is 22.6 Å². The van der Waals surface area contributed by atoms with Crippen molar-refractivity contribution in [1.82, 2.24) is 0 Å². The average Bonchev–Trinajstić information content (AvgIpc) is 2.54. The van der Waals surface area contributed by atoms with Crippen molar-refractivity contribution < 1.29 is 4.79 Å². The van der Waals surface area contributed by atoms with Gasteiger partial charge in [0.15, 0.2) is 0 Å². The van der Waals surface area contributed by atoms with E-state index in [2.05, 4.69) is 36.6 Å². The second-order valence-electron chi connectivity index (χ2n) is 5.59. The number of carbonyl (C=O) groups is 1. The van der Waals surface area contributed by atoms with Crippen LogP contribution in [0, 0.1) is 6.92 Å². The van der Waals surface area contributed by atoms with E-state index in [-0.39, 0.29) is 5.91 Å². The van der Waals surface area contributed by atoms with Gasteiger partial charge in [0.25, 0.3) is 5.91 Å². The minimum Gasteiger partial charge on any atom is -0.353 e. The fraction of sp³-hybridized carbons (Fsp3) is 0.235. The van der Waals surface area contributed by atoms with E-state index in [0.717, 1.165) is 22.6 Å². The summed E-state index contributed by atoms with van der Waals surface area (Å²) in [5.74, 6) is 0.394. The summed E-state index contributed by atoms with van der Waals surface area (Å²) in [6, 6.07) is 12.0. The van der Waals surface area contributed by atoms with Crippen molar-refractivity contribution in [3.8, 4) is 0 Å². The van der Waals surface area contributed by atoms with E-state index in [0.29, 0.717) is 11.5 Å². The van der Waals surface area contributed by atoms with Crippen molar-refractivity contribution in [2.45, 2.75) is 26.7 Å². The molecule has 1 heterocycles. The lowest BCUT2D eigenvalue weighted by molar-refractivity contribution is 0.102. The van der Waals surface area contributed by atoms with E-state index in [4.69, 9.17) is 0 Å². The molecule has 2 N–H and O–H groups in total. The molecule has 0 saturated carbocycles. The second-order valence-corrected chi connectivity index (χ2v) is 5.59. The Morgan fingerprint density at radius 1 is 0.900 bits per heavy atom. The molecule has 0 atom stereocenters. The van der Waals surface area contributed by atoms with Crippen LogP contribution in [-0.2, 0) is 0 Å². The van der Waals surface area contributed by atoms with Gasteiger partial charge in [-0.15, -0.1) is 0 Å². The van der Waals surface area contributed by atoms with Crippen molar-refractivity contribution in [2.24, 2.45) is 0 Å². The number of fused-ring (bicyclic) bond motifs is 2. The van der Waals surface area contributed by atoms with Crippen LogP contribution in [0.4, 0.5) is 17.1 Å². The van der Waals surface area contributed by atoms with Crippen LogP contribution < -0.4 is 10.6 Å². The first kappa shape index (κ1) is 12.7. The van der Waals surface area contributed by atoms with Crippen molar-refractivity contribution in [2.75, 3.05) is 10.6 Å². The first-order chi connectivity index (χ1) is 9.54. The molecule has 0 aliphatic carbocycles. The normalized spacial score (nSPS) is 13.1. The predicted octanol–water partition coefficient (Wildman–Crippen LogP) is 4.43. The Balaban J connectivity index is 2.11. The minimum atomic E-state index is -0.0627. The third-order valence-electron chi connectivity index (χ3n) is 3.65. The van der Waals surface area contributed by atoms with E-state index >= 15 is 0 Å². The van der Waals surface area contributed by atoms with E-state index < -0.39 is 0 Å². The maximum atomic E-state index is 12.3. The lowest BCUT2D eigenvalue weighted by Gasteiger charge is -2.12. The van der Waals surface area contributed by atoms with Crippen LogP contribution in [0.15, 0.2) is 36.4 Å². The molecule has 0 bridgehead atoms. The maximum absolute atomic E-state index is 12.3. The van der Waals surface area contributed by atoms with Crippen LogP contribution in [0.5, 0.6) is 0 Å². The number of hydrogen-bond donors (Lipinski definition) is 2. The van der Waals surface area contributed by atoms with Crippen molar-refractivity contribution in [3.63, 3.8) is 0 Å². The molecule has 0 radical (unpaired) electrons. The summed E-state index contributed by atoms with van der Waals surface area (Å²) in [6.45, 7) is 6.31. The van der Waals surface area contributed by atoms with Crippen LogP contribution in [0.3, 0.4) is 0 Å². The molecule has 0 saturated heterocycles. The zero-order chi connectivity index (χ0) is 14.3. The highest BCUT2D eigenvalue weighted by molar-refractivity contribution is 6.12. The second kappa shape index (κ2) is 4.67. The molecule has 0 fully saturated rings. The summed E-state index contributed by atoms with van der Waals surface area (Å²) in [5.41, 5.74) is 5.65. The Morgan fingerprint density at radius 2 is 1.65 bits per heavy atom. The SMILES string of the molecule is Cc1ccc2c(c1)C(=O)Nc1ccc(C(C)C)cc1N2. The zero-order valence-electron chi connectivity index (χ0n) is 11.9. The Hall–Kier alpha value is -2.29. The number of hydrogen-bond acceptors (Lipinski definition) is 2. The highest BCUT2D eigenvalue weighted by Gasteiger charge is 2.19. The molecule has 1 amide bonds. The third kappa shape index (κ3) is 2.16. The minimum absolute atomic E-state index is 0.0627. The predicted molar refractivity (Wildman–Crippen MR) is 82.9 cm³/mol. The number of anilines is 3. The van der Waals surface area contributed by atoms with Crippen molar-refractivity contribution in [1.29, 1.82) is 0 Å². The first-order valence-electron chi connectivity index (χ1n) is 6.87. The van der Waals surface area contributed by atoms with Gasteiger partial charge < -0.3 is 10.6 Å². The van der Waals surface area contributed by atoms with E-state index in [1.54, 1.807) is 0 Å². The van der Waals surface area contributed by atoms with Gasteiger partial charge in [-0.3, -0.25) is 4.79 Å². The van der Waals surface area contributed by atoms with E-state index in [9.17, 15) is 4.79 Å². The van der Waals surface area contributed by atoms with E-state index in [1.807, 2.05) is 31.2 Å². The molecule has 2 aromatic rings. The van der Waals surface area contributed by atoms with Crippen LogP contribution in [-0.4, -0.2) is 5.91 Å². The van der Waals surface area contributed by atoms with Gasteiger partial charge in [0.2, 0.25) is 0 Å². The highest BCUT2D eigenvalue weighted by atomic mass is 16.1. The Labute approximate surface area is 119 Å². The summed E-state index contributed by atoms with van der Waals surface area (Å²) in [4.78, 5) is 12.3. The number of benzene rings is 2. The van der Waals surface area contributed by atoms with Crippen molar-refractivity contribution >= 4 is 23.0 Å². The smallest absolute Gasteiger partial charge is 0.257 e. The molecule has 102 valence electrons. The number of nitrogens with one attached hydrogen (secondary N) is 2. The molecule has 3 heteroatoms. The molecule has 0 aromatic heterocycles. The largest absolute Gasteiger partial charge is 0.353 e. The summed E-state index contributed by atoms with van der Waals surface area (Å²) >= 11 is 0. The number of aryl methyl sites for hydroxylation is 1. The van der Waals surface area contributed by atoms with Gasteiger partial charge in [0, 0.05) is 0 Å². The Morgan fingerprint density at radius 3 is 2.40 bits per heavy atom. The fourth-order valence-corrected chi connectivity index (χ4v) is 2.42. The number of rotatable bonds is 1. The van der Waals surface area contributed by atoms with Crippen LogP contribution in [0.25, 0.3) is 0 Å². The van der Waals surface area contributed by atoms with Gasteiger partial charge >= 0.3 is 0 Å². The number of carbonyl (C=O) groups excluding carboxylic acids is 1. The summed E-state index contributed by atoms with van der Waals surface area (Å²) < 4.78 is 0.